The van der Waals surface area contributed by atoms with Crippen molar-refractivity contribution in [1.29, 1.82) is 0 Å². The molecule has 53 valence electrons. The van der Waals surface area contributed by atoms with Crippen LogP contribution in [0.5, 0.6) is 0 Å². The second kappa shape index (κ2) is 3.18. The Morgan fingerprint density at radius 3 is 3.00 bits per heavy atom. The molecule has 1 fully saturated rings. The van der Waals surface area contributed by atoms with Gasteiger partial charge in [0.1, 0.15) is 6.73 Å². The van der Waals surface area contributed by atoms with Gasteiger partial charge in [-0.1, -0.05) is 13.8 Å². The SMILES string of the molecule is CC(C)C[C@@H]1CO[CH]N1. The first-order chi connectivity index (χ1) is 4.29. The van der Waals surface area contributed by atoms with Gasteiger partial charge in [-0.05, 0) is 12.3 Å². The van der Waals surface area contributed by atoms with E-state index in [1.165, 1.54) is 6.42 Å². The van der Waals surface area contributed by atoms with Crippen molar-refractivity contribution in [3.8, 4) is 0 Å². The number of hydrogen-bond acceptors (Lipinski definition) is 2. The van der Waals surface area contributed by atoms with Gasteiger partial charge in [-0.15, -0.1) is 0 Å². The predicted molar refractivity (Wildman–Crippen MR) is 36.6 cm³/mol. The van der Waals surface area contributed by atoms with Crippen molar-refractivity contribution in [2.45, 2.75) is 26.3 Å². The standard InChI is InChI=1S/C7H14NO/c1-6(2)3-7-4-9-5-8-7/h5-8H,3-4H2,1-2H3/t7-/m1/s1. The maximum atomic E-state index is 5.02. The van der Waals surface area contributed by atoms with Crippen LogP contribution in [0.1, 0.15) is 20.3 Å². The lowest BCUT2D eigenvalue weighted by molar-refractivity contribution is 0.240. The topological polar surface area (TPSA) is 21.3 Å². The number of nitrogens with one attached hydrogen (secondary N) is 1. The summed E-state index contributed by atoms with van der Waals surface area (Å²) < 4.78 is 5.02. The van der Waals surface area contributed by atoms with Crippen LogP contribution in [0.25, 0.3) is 0 Å². The van der Waals surface area contributed by atoms with E-state index in [-0.39, 0.29) is 0 Å². The van der Waals surface area contributed by atoms with Crippen molar-refractivity contribution in [2.24, 2.45) is 5.92 Å². The first-order valence-electron chi connectivity index (χ1n) is 3.48. The molecule has 0 bridgehead atoms. The Morgan fingerprint density at radius 1 is 1.78 bits per heavy atom. The lowest BCUT2D eigenvalue weighted by Gasteiger charge is -2.09. The molecule has 2 nitrogen and oxygen atoms in total. The van der Waals surface area contributed by atoms with Gasteiger partial charge in [0.05, 0.1) is 6.61 Å². The van der Waals surface area contributed by atoms with Crippen LogP contribution in [0.3, 0.4) is 0 Å². The summed E-state index contributed by atoms with van der Waals surface area (Å²) in [7, 11) is 0. The fourth-order valence-corrected chi connectivity index (χ4v) is 1.06. The molecular weight excluding hydrogens is 114 g/mol. The van der Waals surface area contributed by atoms with Gasteiger partial charge >= 0.3 is 0 Å². The van der Waals surface area contributed by atoms with Gasteiger partial charge in [-0.25, -0.2) is 0 Å². The zero-order valence-corrected chi connectivity index (χ0v) is 6.05. The Morgan fingerprint density at radius 2 is 2.56 bits per heavy atom. The van der Waals surface area contributed by atoms with Crippen molar-refractivity contribution in [3.63, 3.8) is 0 Å². The predicted octanol–water partition coefficient (Wildman–Crippen LogP) is 1.14. The molecule has 1 rings (SSSR count). The van der Waals surface area contributed by atoms with E-state index in [0.717, 1.165) is 12.5 Å². The van der Waals surface area contributed by atoms with E-state index in [0.29, 0.717) is 6.04 Å². The normalized spacial score (nSPS) is 27.7. The van der Waals surface area contributed by atoms with Crippen LogP contribution in [0.2, 0.25) is 0 Å². The van der Waals surface area contributed by atoms with Gasteiger partial charge in [0, 0.05) is 6.04 Å². The molecule has 1 radical (unpaired) electrons. The summed E-state index contributed by atoms with van der Waals surface area (Å²) in [5.41, 5.74) is 0. The molecule has 0 aromatic heterocycles. The molecule has 0 amide bonds. The highest BCUT2D eigenvalue weighted by Crippen LogP contribution is 2.09. The molecule has 0 unspecified atom stereocenters. The van der Waals surface area contributed by atoms with Crippen molar-refractivity contribution >= 4 is 0 Å². The van der Waals surface area contributed by atoms with E-state index in [1.807, 2.05) is 0 Å². The number of hydrogen-bond donors (Lipinski definition) is 1. The van der Waals surface area contributed by atoms with Crippen LogP contribution in [0, 0.1) is 12.6 Å². The molecular formula is C7H14NO. The van der Waals surface area contributed by atoms with Gasteiger partial charge in [-0.2, -0.15) is 0 Å². The van der Waals surface area contributed by atoms with E-state index < -0.39 is 0 Å². The Kier molecular flexibility index (Phi) is 2.49. The van der Waals surface area contributed by atoms with Gasteiger partial charge in [0.25, 0.3) is 0 Å². The number of ether oxygens (including phenoxy) is 1. The van der Waals surface area contributed by atoms with Crippen molar-refractivity contribution in [1.82, 2.24) is 5.32 Å². The summed E-state index contributed by atoms with van der Waals surface area (Å²) in [5.74, 6) is 0.762. The molecule has 1 heterocycles. The van der Waals surface area contributed by atoms with E-state index in [4.69, 9.17) is 4.74 Å². The van der Waals surface area contributed by atoms with Crippen LogP contribution < -0.4 is 5.32 Å². The Hall–Kier alpha value is -0.0800. The number of rotatable bonds is 2. The largest absolute Gasteiger partial charge is 0.357 e. The van der Waals surface area contributed by atoms with Gasteiger partial charge in [0.2, 0.25) is 0 Å². The van der Waals surface area contributed by atoms with Gasteiger partial charge in [-0.3, -0.25) is 5.32 Å². The van der Waals surface area contributed by atoms with Crippen molar-refractivity contribution < 1.29 is 4.74 Å². The smallest absolute Gasteiger partial charge is 0.148 e. The minimum atomic E-state index is 0.560. The minimum absolute atomic E-state index is 0.560. The highest BCUT2D eigenvalue weighted by atomic mass is 16.5. The zero-order valence-electron chi connectivity index (χ0n) is 6.05. The summed E-state index contributed by atoms with van der Waals surface area (Å²) in [6.45, 7) is 6.98. The molecule has 1 aliphatic heterocycles. The molecule has 0 aromatic carbocycles. The second-order valence-electron chi connectivity index (χ2n) is 2.94. The lowest BCUT2D eigenvalue weighted by atomic mass is 10.1. The van der Waals surface area contributed by atoms with Crippen LogP contribution >= 0.6 is 0 Å². The summed E-state index contributed by atoms with van der Waals surface area (Å²) >= 11 is 0. The monoisotopic (exact) mass is 128 g/mol. The van der Waals surface area contributed by atoms with Gasteiger partial charge < -0.3 is 4.74 Å². The average molecular weight is 128 g/mol. The van der Waals surface area contributed by atoms with Crippen LogP contribution in [0.4, 0.5) is 0 Å². The van der Waals surface area contributed by atoms with Crippen LogP contribution in [0.15, 0.2) is 0 Å². The molecule has 1 atom stereocenters. The van der Waals surface area contributed by atoms with Crippen LogP contribution in [-0.2, 0) is 4.74 Å². The third kappa shape index (κ3) is 2.33. The summed E-state index contributed by atoms with van der Waals surface area (Å²) in [5, 5.41) is 3.14. The van der Waals surface area contributed by atoms with E-state index in [9.17, 15) is 0 Å². The van der Waals surface area contributed by atoms with E-state index in [1.54, 1.807) is 6.73 Å². The minimum Gasteiger partial charge on any atom is -0.357 e. The molecule has 1 N–H and O–H groups in total. The highest BCUT2D eigenvalue weighted by Gasteiger charge is 2.15. The lowest BCUT2D eigenvalue weighted by Crippen LogP contribution is -2.23. The molecule has 1 aliphatic rings. The first kappa shape index (κ1) is 7.03. The molecule has 0 spiro atoms. The zero-order chi connectivity index (χ0) is 6.69. The maximum absolute atomic E-state index is 5.02. The molecule has 1 saturated heterocycles. The van der Waals surface area contributed by atoms with Crippen molar-refractivity contribution in [3.05, 3.63) is 6.73 Å². The van der Waals surface area contributed by atoms with E-state index in [2.05, 4.69) is 19.2 Å². The summed E-state index contributed by atoms with van der Waals surface area (Å²) in [6.07, 6.45) is 1.20. The molecule has 9 heavy (non-hydrogen) atoms. The Balaban J connectivity index is 2.11. The van der Waals surface area contributed by atoms with Crippen molar-refractivity contribution in [2.75, 3.05) is 6.61 Å². The van der Waals surface area contributed by atoms with Gasteiger partial charge in [0.15, 0.2) is 0 Å². The third-order valence-corrected chi connectivity index (χ3v) is 1.44. The van der Waals surface area contributed by atoms with Crippen LogP contribution in [-0.4, -0.2) is 12.6 Å². The Bertz CT molecular complexity index is 77.0. The quantitative estimate of drug-likeness (QED) is 0.602. The average Bonchev–Trinajstić information content (AvgIpc) is 2.15. The summed E-state index contributed by atoms with van der Waals surface area (Å²) in [6, 6.07) is 0.560. The highest BCUT2D eigenvalue weighted by molar-refractivity contribution is 4.74. The third-order valence-electron chi connectivity index (χ3n) is 1.44. The van der Waals surface area contributed by atoms with E-state index >= 15 is 0 Å². The first-order valence-corrected chi connectivity index (χ1v) is 3.48. The molecule has 0 saturated carbocycles. The second-order valence-corrected chi connectivity index (χ2v) is 2.94. The summed E-state index contributed by atoms with van der Waals surface area (Å²) in [4.78, 5) is 0. The molecule has 0 aliphatic carbocycles. The maximum Gasteiger partial charge on any atom is 0.148 e. The molecule has 0 aromatic rings. The Labute approximate surface area is 56.6 Å². The fraction of sp³-hybridized carbons (Fsp3) is 0.857. The fourth-order valence-electron chi connectivity index (χ4n) is 1.06. The molecule has 2 heteroatoms.